The molecule has 0 amide bonds. The molecule has 5 atom stereocenters. The van der Waals surface area contributed by atoms with Crippen LogP contribution in [0.1, 0.15) is 38.5 Å². The minimum absolute atomic E-state index is 0.615. The van der Waals surface area contributed by atoms with Crippen molar-refractivity contribution < 1.29 is 4.74 Å². The molecule has 3 rings (SSSR count). The van der Waals surface area contributed by atoms with E-state index in [4.69, 9.17) is 10.5 Å². The third-order valence-electron chi connectivity index (χ3n) is 5.11. The summed E-state index contributed by atoms with van der Waals surface area (Å²) in [5, 5.41) is 0. The lowest BCUT2D eigenvalue weighted by Crippen LogP contribution is -2.36. The molecule has 3 aliphatic rings. The van der Waals surface area contributed by atoms with Gasteiger partial charge in [0.2, 0.25) is 0 Å². The third kappa shape index (κ3) is 1.62. The molecule has 0 radical (unpaired) electrons. The second-order valence-electron chi connectivity index (χ2n) is 5.69. The van der Waals surface area contributed by atoms with Crippen molar-refractivity contribution in [3.63, 3.8) is 0 Å². The molecule has 4 unspecified atom stereocenters. The van der Waals surface area contributed by atoms with Crippen LogP contribution in [0.3, 0.4) is 0 Å². The molecule has 2 aliphatic carbocycles. The van der Waals surface area contributed by atoms with Crippen LogP contribution in [0.5, 0.6) is 0 Å². The third-order valence-corrected chi connectivity index (χ3v) is 5.11. The van der Waals surface area contributed by atoms with Crippen LogP contribution in [-0.4, -0.2) is 19.3 Å². The van der Waals surface area contributed by atoms with Gasteiger partial charge in [-0.25, -0.2) is 0 Å². The van der Waals surface area contributed by atoms with Gasteiger partial charge in [-0.3, -0.25) is 0 Å². The average molecular weight is 209 g/mol. The normalized spacial score (nSPS) is 49.0. The molecule has 2 heteroatoms. The number of hydrogen-bond acceptors (Lipinski definition) is 2. The molecular formula is C13H23NO. The van der Waals surface area contributed by atoms with E-state index in [1.54, 1.807) is 0 Å². The Morgan fingerprint density at radius 1 is 1.07 bits per heavy atom. The highest BCUT2D eigenvalue weighted by molar-refractivity contribution is 4.97. The summed E-state index contributed by atoms with van der Waals surface area (Å²) in [6.45, 7) is 1.90. The summed E-state index contributed by atoms with van der Waals surface area (Å²) in [5.74, 6) is 3.80. The summed E-state index contributed by atoms with van der Waals surface area (Å²) in [7, 11) is 0. The van der Waals surface area contributed by atoms with Gasteiger partial charge in [0.15, 0.2) is 0 Å². The van der Waals surface area contributed by atoms with E-state index in [0.29, 0.717) is 6.10 Å². The highest BCUT2D eigenvalue weighted by Crippen LogP contribution is 2.53. The largest absolute Gasteiger partial charge is 0.378 e. The smallest absolute Gasteiger partial charge is 0.0607 e. The standard InChI is InChI=1S/C13H23NO/c14-7-5-10-2-1-9-3-4-12-11(13(9)10)6-8-15-12/h9-13H,1-8,14H2/t9?,10-,11?,12?,13?/m0/s1. The van der Waals surface area contributed by atoms with Crippen molar-refractivity contribution in [2.75, 3.05) is 13.2 Å². The Morgan fingerprint density at radius 2 is 1.93 bits per heavy atom. The molecule has 1 heterocycles. The summed E-state index contributed by atoms with van der Waals surface area (Å²) in [4.78, 5) is 0. The first-order valence-electron chi connectivity index (χ1n) is 6.72. The van der Waals surface area contributed by atoms with Gasteiger partial charge in [0.1, 0.15) is 0 Å². The first-order chi connectivity index (χ1) is 7.40. The maximum absolute atomic E-state index is 5.86. The highest BCUT2D eigenvalue weighted by atomic mass is 16.5. The Bertz CT molecular complexity index is 231. The molecule has 3 fully saturated rings. The van der Waals surface area contributed by atoms with E-state index in [0.717, 1.165) is 36.8 Å². The average Bonchev–Trinajstić information content (AvgIpc) is 2.83. The summed E-state index contributed by atoms with van der Waals surface area (Å²) >= 11 is 0. The van der Waals surface area contributed by atoms with Crippen molar-refractivity contribution in [1.82, 2.24) is 0 Å². The highest BCUT2D eigenvalue weighted by Gasteiger charge is 2.48. The Kier molecular flexibility index (Phi) is 2.73. The van der Waals surface area contributed by atoms with E-state index in [9.17, 15) is 0 Å². The zero-order valence-corrected chi connectivity index (χ0v) is 9.53. The van der Waals surface area contributed by atoms with Crippen LogP contribution in [0.4, 0.5) is 0 Å². The number of rotatable bonds is 2. The lowest BCUT2D eigenvalue weighted by molar-refractivity contribution is 0.0161. The Hall–Kier alpha value is -0.0800. The number of hydrogen-bond donors (Lipinski definition) is 1. The first kappa shape index (κ1) is 10.1. The zero-order valence-electron chi connectivity index (χ0n) is 9.53. The summed E-state index contributed by atoms with van der Waals surface area (Å²) < 4.78 is 5.86. The first-order valence-corrected chi connectivity index (χ1v) is 6.72. The van der Waals surface area contributed by atoms with E-state index in [2.05, 4.69) is 0 Å². The monoisotopic (exact) mass is 209 g/mol. The van der Waals surface area contributed by atoms with E-state index in [1.165, 1.54) is 38.5 Å². The van der Waals surface area contributed by atoms with Gasteiger partial charge in [0, 0.05) is 6.61 Å². The van der Waals surface area contributed by atoms with Gasteiger partial charge in [0.05, 0.1) is 6.10 Å². The van der Waals surface area contributed by atoms with Crippen LogP contribution in [0, 0.1) is 23.7 Å². The summed E-state index contributed by atoms with van der Waals surface area (Å²) in [6.07, 6.45) is 8.87. The van der Waals surface area contributed by atoms with Crippen LogP contribution in [-0.2, 0) is 4.74 Å². The van der Waals surface area contributed by atoms with Crippen LogP contribution in [0.15, 0.2) is 0 Å². The molecule has 15 heavy (non-hydrogen) atoms. The van der Waals surface area contributed by atoms with Crippen LogP contribution in [0.2, 0.25) is 0 Å². The molecule has 2 saturated carbocycles. The molecular weight excluding hydrogens is 186 g/mol. The predicted octanol–water partition coefficient (Wildman–Crippen LogP) is 2.18. The number of fused-ring (bicyclic) bond motifs is 3. The maximum Gasteiger partial charge on any atom is 0.0607 e. The molecule has 2 nitrogen and oxygen atoms in total. The van der Waals surface area contributed by atoms with E-state index in [-0.39, 0.29) is 0 Å². The lowest BCUT2D eigenvalue weighted by atomic mass is 9.68. The van der Waals surface area contributed by atoms with E-state index >= 15 is 0 Å². The fourth-order valence-corrected chi connectivity index (χ4v) is 4.57. The second-order valence-corrected chi connectivity index (χ2v) is 5.69. The SMILES string of the molecule is NCC[C@@H]1CCC2CCC3OCCC3C21. The quantitative estimate of drug-likeness (QED) is 0.756. The van der Waals surface area contributed by atoms with Crippen molar-refractivity contribution in [3.8, 4) is 0 Å². The molecule has 1 saturated heterocycles. The van der Waals surface area contributed by atoms with Gasteiger partial charge in [-0.15, -0.1) is 0 Å². The van der Waals surface area contributed by atoms with Gasteiger partial charge in [-0.05, 0) is 68.7 Å². The van der Waals surface area contributed by atoms with Gasteiger partial charge in [-0.1, -0.05) is 0 Å². The summed E-state index contributed by atoms with van der Waals surface area (Å²) in [6, 6.07) is 0. The van der Waals surface area contributed by atoms with Crippen molar-refractivity contribution in [2.24, 2.45) is 29.4 Å². The molecule has 0 aromatic rings. The zero-order chi connectivity index (χ0) is 10.3. The fourth-order valence-electron chi connectivity index (χ4n) is 4.57. The lowest BCUT2D eigenvalue weighted by Gasteiger charge is -2.38. The van der Waals surface area contributed by atoms with Crippen molar-refractivity contribution in [1.29, 1.82) is 0 Å². The maximum atomic E-state index is 5.86. The minimum atomic E-state index is 0.615. The minimum Gasteiger partial charge on any atom is -0.378 e. The molecule has 0 bridgehead atoms. The van der Waals surface area contributed by atoms with Crippen LogP contribution >= 0.6 is 0 Å². The fraction of sp³-hybridized carbons (Fsp3) is 1.00. The van der Waals surface area contributed by atoms with Crippen LogP contribution < -0.4 is 5.73 Å². The van der Waals surface area contributed by atoms with E-state index in [1.807, 2.05) is 0 Å². The van der Waals surface area contributed by atoms with Crippen molar-refractivity contribution in [2.45, 2.75) is 44.6 Å². The van der Waals surface area contributed by atoms with Crippen LogP contribution in [0.25, 0.3) is 0 Å². The molecule has 0 aromatic heterocycles. The number of ether oxygens (including phenoxy) is 1. The Balaban J connectivity index is 1.76. The van der Waals surface area contributed by atoms with Crippen molar-refractivity contribution in [3.05, 3.63) is 0 Å². The molecule has 0 spiro atoms. The number of nitrogens with two attached hydrogens (primary N) is 1. The van der Waals surface area contributed by atoms with Gasteiger partial charge >= 0.3 is 0 Å². The molecule has 86 valence electrons. The van der Waals surface area contributed by atoms with Gasteiger partial charge in [-0.2, -0.15) is 0 Å². The molecule has 1 aliphatic heterocycles. The van der Waals surface area contributed by atoms with Crippen molar-refractivity contribution >= 4 is 0 Å². The Morgan fingerprint density at radius 3 is 2.80 bits per heavy atom. The summed E-state index contributed by atoms with van der Waals surface area (Å²) in [5.41, 5.74) is 5.74. The second kappa shape index (κ2) is 4.06. The molecule has 2 N–H and O–H groups in total. The van der Waals surface area contributed by atoms with E-state index < -0.39 is 0 Å². The predicted molar refractivity (Wildman–Crippen MR) is 60.5 cm³/mol. The van der Waals surface area contributed by atoms with Gasteiger partial charge in [0.25, 0.3) is 0 Å². The van der Waals surface area contributed by atoms with Gasteiger partial charge < -0.3 is 10.5 Å². The Labute approximate surface area is 92.6 Å². The topological polar surface area (TPSA) is 35.2 Å². The molecule has 0 aromatic carbocycles.